The molecule has 1 fully saturated rings. The molecular formula is C16H18N4O. The zero-order valence-electron chi connectivity index (χ0n) is 12.0. The molecule has 1 aliphatic rings. The van der Waals surface area contributed by atoms with E-state index < -0.39 is 0 Å². The van der Waals surface area contributed by atoms with Crippen molar-refractivity contribution in [2.45, 2.75) is 0 Å². The Morgan fingerprint density at radius 3 is 2.81 bits per heavy atom. The van der Waals surface area contributed by atoms with Crippen molar-refractivity contribution in [3.63, 3.8) is 0 Å². The van der Waals surface area contributed by atoms with Crippen LogP contribution < -0.4 is 15.0 Å². The summed E-state index contributed by atoms with van der Waals surface area (Å²) in [6, 6.07) is 10.3. The van der Waals surface area contributed by atoms with E-state index in [9.17, 15) is 0 Å². The zero-order valence-corrected chi connectivity index (χ0v) is 12.0. The number of benzene rings is 1. The molecule has 0 aliphatic carbocycles. The number of hydrogen-bond donors (Lipinski definition) is 1. The first kappa shape index (κ1) is 12.5. The van der Waals surface area contributed by atoms with Gasteiger partial charge in [0.05, 0.1) is 23.7 Å². The van der Waals surface area contributed by atoms with E-state index in [0.717, 1.165) is 54.3 Å². The van der Waals surface area contributed by atoms with Gasteiger partial charge in [-0.15, -0.1) is 0 Å². The summed E-state index contributed by atoms with van der Waals surface area (Å²) >= 11 is 0. The average Bonchev–Trinajstić information content (AvgIpc) is 3.04. The summed E-state index contributed by atoms with van der Waals surface area (Å²) < 4.78 is 7.54. The predicted octanol–water partition coefficient (Wildman–Crippen LogP) is 1.91. The molecule has 1 aromatic carbocycles. The maximum atomic E-state index is 5.33. The molecule has 4 rings (SSSR count). The minimum absolute atomic E-state index is 0.841. The molecule has 3 heterocycles. The van der Waals surface area contributed by atoms with Gasteiger partial charge in [0.25, 0.3) is 0 Å². The Morgan fingerprint density at radius 2 is 2.00 bits per heavy atom. The van der Waals surface area contributed by atoms with Crippen LogP contribution in [0.2, 0.25) is 0 Å². The highest BCUT2D eigenvalue weighted by molar-refractivity contribution is 5.86. The topological polar surface area (TPSA) is 41.8 Å². The van der Waals surface area contributed by atoms with Crippen molar-refractivity contribution in [2.75, 3.05) is 38.2 Å². The van der Waals surface area contributed by atoms with Gasteiger partial charge in [-0.25, -0.2) is 4.98 Å². The molecule has 0 spiro atoms. The van der Waals surface area contributed by atoms with Gasteiger partial charge in [-0.1, -0.05) is 0 Å². The lowest BCUT2D eigenvalue weighted by Crippen LogP contribution is -2.44. The fourth-order valence-corrected chi connectivity index (χ4v) is 2.98. The second kappa shape index (κ2) is 4.93. The van der Waals surface area contributed by atoms with Crippen LogP contribution in [0.15, 0.2) is 36.5 Å². The van der Waals surface area contributed by atoms with E-state index in [4.69, 9.17) is 9.72 Å². The Labute approximate surface area is 123 Å². The molecule has 0 radical (unpaired) electrons. The average molecular weight is 282 g/mol. The Kier molecular flexibility index (Phi) is 2.93. The molecule has 1 aliphatic heterocycles. The number of rotatable bonds is 2. The first-order valence-corrected chi connectivity index (χ1v) is 7.27. The Bertz CT molecular complexity index is 789. The minimum atomic E-state index is 0.841. The van der Waals surface area contributed by atoms with Crippen LogP contribution in [-0.2, 0) is 0 Å². The first-order chi connectivity index (χ1) is 10.4. The van der Waals surface area contributed by atoms with E-state index >= 15 is 0 Å². The summed E-state index contributed by atoms with van der Waals surface area (Å²) in [5.74, 6) is 1.90. The summed E-state index contributed by atoms with van der Waals surface area (Å²) in [6.45, 7) is 3.99. The highest BCUT2D eigenvalue weighted by atomic mass is 16.5. The number of fused-ring (bicyclic) bond motifs is 3. The van der Waals surface area contributed by atoms with E-state index in [1.807, 2.05) is 12.1 Å². The van der Waals surface area contributed by atoms with E-state index in [-0.39, 0.29) is 0 Å². The van der Waals surface area contributed by atoms with Gasteiger partial charge in [0.2, 0.25) is 0 Å². The molecule has 1 saturated heterocycles. The van der Waals surface area contributed by atoms with Crippen molar-refractivity contribution in [1.29, 1.82) is 0 Å². The molecule has 2 aromatic heterocycles. The van der Waals surface area contributed by atoms with Crippen LogP contribution in [0.25, 0.3) is 16.6 Å². The number of aromatic nitrogens is 2. The lowest BCUT2D eigenvalue weighted by Gasteiger charge is -2.29. The highest BCUT2D eigenvalue weighted by Crippen LogP contribution is 2.27. The van der Waals surface area contributed by atoms with E-state index in [0.29, 0.717) is 0 Å². The minimum Gasteiger partial charge on any atom is -0.497 e. The second-order valence-corrected chi connectivity index (χ2v) is 5.29. The van der Waals surface area contributed by atoms with Crippen molar-refractivity contribution in [3.8, 4) is 5.75 Å². The van der Waals surface area contributed by atoms with Crippen LogP contribution in [0.1, 0.15) is 0 Å². The van der Waals surface area contributed by atoms with Crippen LogP contribution in [0.5, 0.6) is 5.75 Å². The monoisotopic (exact) mass is 282 g/mol. The van der Waals surface area contributed by atoms with Crippen molar-refractivity contribution < 1.29 is 4.74 Å². The standard InChI is InChI=1S/C16H18N4O/c1-21-12-4-5-14-13(11-12)18-16(15-3-2-8-20(14)15)19-9-6-17-7-10-19/h2-5,8,11,17H,6-7,9-10H2,1H3. The van der Waals surface area contributed by atoms with Gasteiger partial charge in [-0.3, -0.25) is 0 Å². The molecule has 0 atom stereocenters. The Morgan fingerprint density at radius 1 is 1.14 bits per heavy atom. The second-order valence-electron chi connectivity index (χ2n) is 5.29. The summed E-state index contributed by atoms with van der Waals surface area (Å²) in [5, 5.41) is 3.39. The molecule has 3 aromatic rings. The van der Waals surface area contributed by atoms with Gasteiger partial charge in [-0.05, 0) is 24.3 Å². The third-order valence-corrected chi connectivity index (χ3v) is 4.06. The predicted molar refractivity (Wildman–Crippen MR) is 84.3 cm³/mol. The number of hydrogen-bond acceptors (Lipinski definition) is 4. The van der Waals surface area contributed by atoms with Crippen molar-refractivity contribution in [1.82, 2.24) is 14.7 Å². The number of nitrogens with one attached hydrogen (secondary N) is 1. The fraction of sp³-hybridized carbons (Fsp3) is 0.312. The van der Waals surface area contributed by atoms with Gasteiger partial charge in [0.15, 0.2) is 5.82 Å². The lowest BCUT2D eigenvalue weighted by molar-refractivity contribution is 0.415. The molecule has 0 bridgehead atoms. The largest absolute Gasteiger partial charge is 0.497 e. The molecule has 5 nitrogen and oxygen atoms in total. The summed E-state index contributed by atoms with van der Waals surface area (Å²) in [7, 11) is 1.69. The Hall–Kier alpha value is -2.27. The van der Waals surface area contributed by atoms with Crippen molar-refractivity contribution in [2.24, 2.45) is 0 Å². The molecule has 0 unspecified atom stereocenters. The van der Waals surface area contributed by atoms with Gasteiger partial charge in [-0.2, -0.15) is 0 Å². The van der Waals surface area contributed by atoms with Crippen LogP contribution >= 0.6 is 0 Å². The summed E-state index contributed by atoms with van der Waals surface area (Å²) in [6.07, 6.45) is 2.09. The third kappa shape index (κ3) is 2.01. The van der Waals surface area contributed by atoms with Crippen LogP contribution in [-0.4, -0.2) is 42.7 Å². The van der Waals surface area contributed by atoms with Crippen LogP contribution in [0, 0.1) is 0 Å². The lowest BCUT2D eigenvalue weighted by atomic mass is 10.2. The van der Waals surface area contributed by atoms with Gasteiger partial charge in [0.1, 0.15) is 5.75 Å². The van der Waals surface area contributed by atoms with E-state index in [1.165, 1.54) is 0 Å². The zero-order chi connectivity index (χ0) is 14.2. The molecule has 0 amide bonds. The van der Waals surface area contributed by atoms with Gasteiger partial charge >= 0.3 is 0 Å². The summed E-state index contributed by atoms with van der Waals surface area (Å²) in [5.41, 5.74) is 3.23. The number of anilines is 1. The molecule has 108 valence electrons. The quantitative estimate of drug-likeness (QED) is 0.779. The third-order valence-electron chi connectivity index (χ3n) is 4.06. The molecular weight excluding hydrogens is 264 g/mol. The number of piperazine rings is 1. The SMILES string of the molecule is COc1ccc2c(c1)nc(N1CCNCC1)c1cccn12. The van der Waals surface area contributed by atoms with Crippen LogP contribution in [0.3, 0.4) is 0 Å². The molecule has 0 saturated carbocycles. The van der Waals surface area contributed by atoms with Crippen molar-refractivity contribution in [3.05, 3.63) is 36.5 Å². The fourth-order valence-electron chi connectivity index (χ4n) is 2.98. The number of ether oxygens (including phenoxy) is 1. The molecule has 1 N–H and O–H groups in total. The normalized spacial score (nSPS) is 15.8. The first-order valence-electron chi connectivity index (χ1n) is 7.27. The van der Waals surface area contributed by atoms with E-state index in [2.05, 4.69) is 39.0 Å². The number of methoxy groups -OCH3 is 1. The Balaban J connectivity index is 1.96. The maximum absolute atomic E-state index is 5.33. The van der Waals surface area contributed by atoms with Crippen molar-refractivity contribution >= 4 is 22.4 Å². The maximum Gasteiger partial charge on any atom is 0.153 e. The smallest absolute Gasteiger partial charge is 0.153 e. The van der Waals surface area contributed by atoms with E-state index in [1.54, 1.807) is 7.11 Å². The number of nitrogens with zero attached hydrogens (tertiary/aromatic N) is 3. The molecule has 21 heavy (non-hydrogen) atoms. The summed E-state index contributed by atoms with van der Waals surface area (Å²) in [4.78, 5) is 7.26. The van der Waals surface area contributed by atoms with Gasteiger partial charge < -0.3 is 19.4 Å². The molecule has 5 heteroatoms. The van der Waals surface area contributed by atoms with Crippen LogP contribution in [0.4, 0.5) is 5.82 Å². The van der Waals surface area contributed by atoms with Gasteiger partial charge in [0, 0.05) is 38.4 Å². The highest BCUT2D eigenvalue weighted by Gasteiger charge is 2.17.